The lowest BCUT2D eigenvalue weighted by Crippen LogP contribution is -2.44. The molecule has 7 nitrogen and oxygen atoms in total. The van der Waals surface area contributed by atoms with E-state index in [2.05, 4.69) is 9.71 Å². The molecule has 21 heavy (non-hydrogen) atoms. The fraction of sp³-hybridized carbons (Fsp3) is 0.385. The number of carbonyl (C=O) groups is 1. The molecule has 0 amide bonds. The van der Waals surface area contributed by atoms with Crippen LogP contribution in [0.1, 0.15) is 18.4 Å². The number of aliphatic imine (C=N–C) groups is 1. The minimum atomic E-state index is -3.66. The van der Waals surface area contributed by atoms with Gasteiger partial charge in [0.15, 0.2) is 5.54 Å². The molecule has 0 radical (unpaired) electrons. The molecule has 8 heteroatoms. The standard InChI is InChI=1S/C13H14N2O5S/c16-12(17)13(5-7-20-8-6-13)14-11-9-3-1-2-4-10(9)21(18,19)15-11/h1-4H,5-8H2,(H,14,15)(H,16,17). The first-order valence-corrected chi connectivity index (χ1v) is 7.96. The molecule has 0 aliphatic carbocycles. The van der Waals surface area contributed by atoms with Crippen LogP contribution in [-0.4, -0.2) is 44.1 Å². The second kappa shape index (κ2) is 4.81. The molecule has 1 fully saturated rings. The predicted molar refractivity (Wildman–Crippen MR) is 73.7 cm³/mol. The van der Waals surface area contributed by atoms with Gasteiger partial charge in [-0.15, -0.1) is 0 Å². The Morgan fingerprint density at radius 1 is 1.29 bits per heavy atom. The number of hydrogen-bond donors (Lipinski definition) is 2. The Morgan fingerprint density at radius 2 is 1.95 bits per heavy atom. The van der Waals surface area contributed by atoms with Crippen molar-refractivity contribution in [2.45, 2.75) is 23.3 Å². The fourth-order valence-corrected chi connectivity index (χ4v) is 3.75. The maximum absolute atomic E-state index is 12.0. The first-order chi connectivity index (χ1) is 9.95. The Hall–Kier alpha value is -1.93. The number of ether oxygens (including phenoxy) is 1. The van der Waals surface area contributed by atoms with E-state index in [0.29, 0.717) is 5.56 Å². The van der Waals surface area contributed by atoms with E-state index >= 15 is 0 Å². The third-order valence-corrected chi connectivity index (χ3v) is 5.10. The molecule has 112 valence electrons. The third-order valence-electron chi connectivity index (χ3n) is 3.71. The molecule has 0 atom stereocenters. The lowest BCUT2D eigenvalue weighted by molar-refractivity contribution is -0.146. The number of nitrogens with zero attached hydrogens (tertiary/aromatic N) is 1. The molecule has 1 saturated heterocycles. The highest BCUT2D eigenvalue weighted by atomic mass is 32.2. The van der Waals surface area contributed by atoms with E-state index < -0.39 is 21.5 Å². The Balaban J connectivity index is 2.10. The van der Waals surface area contributed by atoms with Crippen LogP contribution < -0.4 is 4.72 Å². The van der Waals surface area contributed by atoms with E-state index in [0.717, 1.165) is 0 Å². The molecule has 1 aromatic rings. The Labute approximate surface area is 121 Å². The van der Waals surface area contributed by atoms with Crippen molar-refractivity contribution in [1.29, 1.82) is 0 Å². The van der Waals surface area contributed by atoms with Gasteiger partial charge in [-0.2, -0.15) is 0 Å². The normalized spacial score (nSPS) is 24.3. The summed E-state index contributed by atoms with van der Waals surface area (Å²) in [7, 11) is -3.66. The maximum Gasteiger partial charge on any atom is 0.331 e. The maximum atomic E-state index is 12.0. The van der Waals surface area contributed by atoms with Gasteiger partial charge in [0, 0.05) is 31.6 Å². The molecular weight excluding hydrogens is 296 g/mol. The molecule has 0 bridgehead atoms. The number of carboxylic acid groups (broad SMARTS) is 1. The molecule has 2 N–H and O–H groups in total. The van der Waals surface area contributed by atoms with Gasteiger partial charge in [0.1, 0.15) is 5.84 Å². The van der Waals surface area contributed by atoms with Crippen LogP contribution >= 0.6 is 0 Å². The number of rotatable bonds is 2. The van der Waals surface area contributed by atoms with E-state index in [1.165, 1.54) is 6.07 Å². The van der Waals surface area contributed by atoms with E-state index in [1.54, 1.807) is 18.2 Å². The van der Waals surface area contributed by atoms with Crippen molar-refractivity contribution in [3.63, 3.8) is 0 Å². The van der Waals surface area contributed by atoms with Gasteiger partial charge in [-0.3, -0.25) is 4.72 Å². The smallest absolute Gasteiger partial charge is 0.331 e. The second-order valence-corrected chi connectivity index (χ2v) is 6.66. The monoisotopic (exact) mass is 310 g/mol. The van der Waals surface area contributed by atoms with Gasteiger partial charge in [0.05, 0.1) is 4.90 Å². The van der Waals surface area contributed by atoms with Gasteiger partial charge in [0.25, 0.3) is 10.0 Å². The first-order valence-electron chi connectivity index (χ1n) is 6.48. The molecule has 0 unspecified atom stereocenters. The molecule has 1 aromatic carbocycles. The number of sulfonamides is 1. The number of benzene rings is 1. The van der Waals surface area contributed by atoms with Crippen LogP contribution in [0.3, 0.4) is 0 Å². The predicted octanol–water partition coefficient (Wildman–Crippen LogP) is 0.359. The first kappa shape index (κ1) is 14.0. The number of amidine groups is 1. The molecule has 2 heterocycles. The van der Waals surface area contributed by atoms with Gasteiger partial charge in [-0.05, 0) is 12.1 Å². The summed E-state index contributed by atoms with van der Waals surface area (Å²) in [5.41, 5.74) is -0.933. The summed E-state index contributed by atoms with van der Waals surface area (Å²) in [5.74, 6) is -0.975. The van der Waals surface area contributed by atoms with Crippen LogP contribution in [0, 0.1) is 0 Å². The molecule has 0 saturated carbocycles. The SMILES string of the molecule is O=C(O)C1(N=C2NS(=O)(=O)c3ccccc32)CCOCC1. The molecular formula is C13H14N2O5S. The summed E-state index contributed by atoms with van der Waals surface area (Å²) in [4.78, 5) is 16.0. The Kier molecular flexibility index (Phi) is 3.22. The number of carboxylic acids is 1. The minimum Gasteiger partial charge on any atom is -0.479 e. The van der Waals surface area contributed by atoms with Crippen molar-refractivity contribution >= 4 is 21.8 Å². The molecule has 2 aliphatic heterocycles. The minimum absolute atomic E-state index is 0.0925. The third kappa shape index (κ3) is 2.30. The van der Waals surface area contributed by atoms with Crippen molar-refractivity contribution in [2.24, 2.45) is 4.99 Å². The molecule has 0 spiro atoms. The van der Waals surface area contributed by atoms with Crippen LogP contribution in [0.2, 0.25) is 0 Å². The van der Waals surface area contributed by atoms with E-state index in [-0.39, 0.29) is 36.8 Å². The molecule has 2 aliphatic rings. The molecule has 0 aromatic heterocycles. The number of hydrogen-bond acceptors (Lipinski definition) is 5. The summed E-state index contributed by atoms with van der Waals surface area (Å²) in [6, 6.07) is 6.38. The van der Waals surface area contributed by atoms with E-state index in [1.807, 2.05) is 0 Å². The van der Waals surface area contributed by atoms with Crippen LogP contribution in [-0.2, 0) is 19.6 Å². The van der Waals surface area contributed by atoms with Crippen LogP contribution in [0.5, 0.6) is 0 Å². The lowest BCUT2D eigenvalue weighted by Gasteiger charge is -2.29. The van der Waals surface area contributed by atoms with Gasteiger partial charge in [0.2, 0.25) is 0 Å². The average Bonchev–Trinajstić information content (AvgIpc) is 2.71. The highest BCUT2D eigenvalue weighted by molar-refractivity contribution is 7.90. The van der Waals surface area contributed by atoms with Crippen molar-refractivity contribution < 1.29 is 23.1 Å². The zero-order valence-corrected chi connectivity index (χ0v) is 11.9. The highest BCUT2D eigenvalue weighted by Crippen LogP contribution is 2.29. The summed E-state index contributed by atoms with van der Waals surface area (Å²) in [5, 5.41) is 9.49. The highest BCUT2D eigenvalue weighted by Gasteiger charge is 2.42. The Morgan fingerprint density at radius 3 is 2.62 bits per heavy atom. The summed E-state index contributed by atoms with van der Waals surface area (Å²) >= 11 is 0. The summed E-state index contributed by atoms with van der Waals surface area (Å²) in [6.07, 6.45) is 0.436. The van der Waals surface area contributed by atoms with Gasteiger partial charge >= 0.3 is 5.97 Å². The van der Waals surface area contributed by atoms with Crippen molar-refractivity contribution in [1.82, 2.24) is 4.72 Å². The number of aliphatic carboxylic acids is 1. The van der Waals surface area contributed by atoms with Crippen LogP contribution in [0.25, 0.3) is 0 Å². The molecule has 3 rings (SSSR count). The van der Waals surface area contributed by atoms with E-state index in [9.17, 15) is 18.3 Å². The van der Waals surface area contributed by atoms with Crippen molar-refractivity contribution in [2.75, 3.05) is 13.2 Å². The topological polar surface area (TPSA) is 105 Å². The summed E-state index contributed by atoms with van der Waals surface area (Å²) < 4.78 is 31.5. The van der Waals surface area contributed by atoms with Gasteiger partial charge < -0.3 is 9.84 Å². The van der Waals surface area contributed by atoms with Crippen LogP contribution in [0.4, 0.5) is 0 Å². The van der Waals surface area contributed by atoms with Crippen molar-refractivity contribution in [3.8, 4) is 0 Å². The van der Waals surface area contributed by atoms with Gasteiger partial charge in [-0.1, -0.05) is 12.1 Å². The quantitative estimate of drug-likeness (QED) is 0.820. The lowest BCUT2D eigenvalue weighted by atomic mass is 9.91. The second-order valence-electron chi connectivity index (χ2n) is 5.01. The number of fused-ring (bicyclic) bond motifs is 1. The zero-order chi connectivity index (χ0) is 15.1. The van der Waals surface area contributed by atoms with Crippen LogP contribution in [0.15, 0.2) is 34.2 Å². The average molecular weight is 310 g/mol. The fourth-order valence-electron chi connectivity index (χ4n) is 2.51. The Bertz CT molecular complexity index is 720. The van der Waals surface area contributed by atoms with Crippen molar-refractivity contribution in [3.05, 3.63) is 29.8 Å². The van der Waals surface area contributed by atoms with Gasteiger partial charge in [-0.25, -0.2) is 18.2 Å². The zero-order valence-electron chi connectivity index (χ0n) is 11.1. The van der Waals surface area contributed by atoms with E-state index in [4.69, 9.17) is 4.74 Å². The largest absolute Gasteiger partial charge is 0.479 e. The summed E-state index contributed by atoms with van der Waals surface area (Å²) in [6.45, 7) is 0.578. The number of nitrogens with one attached hydrogen (secondary N) is 1.